The van der Waals surface area contributed by atoms with E-state index in [-0.39, 0.29) is 0 Å². The van der Waals surface area contributed by atoms with Crippen LogP contribution in [0.25, 0.3) is 0 Å². The lowest BCUT2D eigenvalue weighted by Crippen LogP contribution is -2.08. The summed E-state index contributed by atoms with van der Waals surface area (Å²) < 4.78 is 5.01. The maximum Gasteiger partial charge on any atom is 0.319 e. The molecule has 0 unspecified atom stereocenters. The topological polar surface area (TPSA) is 95.9 Å². The first-order valence-electron chi connectivity index (χ1n) is 3.48. The van der Waals surface area contributed by atoms with Gasteiger partial charge in [-0.1, -0.05) is 6.92 Å². The van der Waals surface area contributed by atoms with Crippen LogP contribution in [0.2, 0.25) is 0 Å². The van der Waals surface area contributed by atoms with Crippen LogP contribution in [0.3, 0.4) is 0 Å². The molecule has 0 fully saturated rings. The van der Waals surface area contributed by atoms with Crippen LogP contribution in [0.5, 0.6) is 0 Å². The van der Waals surface area contributed by atoms with Gasteiger partial charge in [-0.25, -0.2) is 0 Å². The van der Waals surface area contributed by atoms with Gasteiger partial charge in [0.15, 0.2) is 0 Å². The van der Waals surface area contributed by atoms with Crippen LogP contribution in [0.15, 0.2) is 0 Å². The van der Waals surface area contributed by atoms with Crippen molar-refractivity contribution in [3.8, 4) is 0 Å². The monoisotopic (exact) mass is 217 g/mol. The van der Waals surface area contributed by atoms with Crippen molar-refractivity contribution in [2.24, 2.45) is 5.73 Å². The van der Waals surface area contributed by atoms with Crippen LogP contribution >= 0.6 is 6.72 Å². The second kappa shape index (κ2) is 9.54. The van der Waals surface area contributed by atoms with Crippen molar-refractivity contribution in [3.05, 3.63) is 0 Å². The normalized spacial score (nSPS) is 10.4. The molecule has 12 heavy (non-hydrogen) atoms. The third-order valence-electron chi connectivity index (χ3n) is 0.611. The fraction of sp³-hybridized carbons (Fsp3) is 1.00. The Morgan fingerprint density at radius 1 is 1.33 bits per heavy atom. The number of rotatable bonds is 4. The van der Waals surface area contributed by atoms with Crippen LogP contribution < -0.4 is 5.73 Å². The number of hydrogen-bond donors (Lipinski definition) is 4. The van der Waals surface area contributed by atoms with Crippen LogP contribution in [0.4, 0.5) is 0 Å². The molecule has 0 spiro atoms. The Morgan fingerprint density at radius 3 is 2.00 bits per heavy atom. The Labute approximate surface area is 77.4 Å². The molecule has 0 aliphatic carbocycles. The van der Waals surface area contributed by atoms with E-state index in [1.54, 1.807) is 0 Å². The van der Waals surface area contributed by atoms with Crippen molar-refractivity contribution in [2.75, 3.05) is 19.8 Å². The van der Waals surface area contributed by atoms with Crippen LogP contribution in [0, 0.1) is 0 Å². The quantitative estimate of drug-likeness (QED) is 0.376. The lowest BCUT2D eigenvalue weighted by atomic mass is 10.5. The minimum atomic E-state index is -3.81. The first kappa shape index (κ1) is 14.9. The van der Waals surface area contributed by atoms with Crippen LogP contribution in [0.1, 0.15) is 13.3 Å². The maximum absolute atomic E-state index is 7.56. The summed E-state index contributed by atoms with van der Waals surface area (Å²) in [6.07, 6.45) is 1.08. The standard InChI is InChI=1S/C5H13NO.H3O3PS/c1-2-4-7-5-3-6;1-4(2,3)5/h2-6H2,1H3;(H3,1,2,3,5). The van der Waals surface area contributed by atoms with Gasteiger partial charge in [0.05, 0.1) is 6.61 Å². The van der Waals surface area contributed by atoms with E-state index in [1.807, 2.05) is 0 Å². The van der Waals surface area contributed by atoms with E-state index in [2.05, 4.69) is 18.7 Å². The highest BCUT2D eigenvalue weighted by atomic mass is 32.5. The summed E-state index contributed by atoms with van der Waals surface area (Å²) in [5.74, 6) is 0. The third-order valence-corrected chi connectivity index (χ3v) is 0.611. The molecule has 0 saturated carbocycles. The molecular formula is C5H16NO4PS. The summed E-state index contributed by atoms with van der Waals surface area (Å²) in [6.45, 7) is 0.460. The average molecular weight is 217 g/mol. The molecule has 0 saturated heterocycles. The minimum Gasteiger partial charge on any atom is -0.380 e. The Bertz CT molecular complexity index is 116. The van der Waals surface area contributed by atoms with Crippen molar-refractivity contribution in [2.45, 2.75) is 13.3 Å². The zero-order valence-corrected chi connectivity index (χ0v) is 8.72. The van der Waals surface area contributed by atoms with Gasteiger partial charge in [-0.05, 0) is 18.2 Å². The Morgan fingerprint density at radius 2 is 1.75 bits per heavy atom. The average Bonchev–Trinajstić information content (AvgIpc) is 1.85. The van der Waals surface area contributed by atoms with E-state index in [4.69, 9.17) is 25.2 Å². The molecule has 0 atom stereocenters. The van der Waals surface area contributed by atoms with Gasteiger partial charge < -0.3 is 25.2 Å². The van der Waals surface area contributed by atoms with E-state index in [1.165, 1.54) is 0 Å². The number of ether oxygens (including phenoxy) is 1. The summed E-state index contributed by atoms with van der Waals surface area (Å²) in [5, 5.41) is 0. The molecule has 0 heterocycles. The van der Waals surface area contributed by atoms with E-state index >= 15 is 0 Å². The molecule has 0 aromatic heterocycles. The highest BCUT2D eigenvalue weighted by Crippen LogP contribution is 2.26. The van der Waals surface area contributed by atoms with Gasteiger partial charge >= 0.3 is 6.72 Å². The fourth-order valence-corrected chi connectivity index (χ4v) is 0.330. The summed E-state index contributed by atoms with van der Waals surface area (Å²) in [4.78, 5) is 22.7. The fourth-order valence-electron chi connectivity index (χ4n) is 0.330. The van der Waals surface area contributed by atoms with Crippen molar-refractivity contribution < 1.29 is 19.4 Å². The molecule has 5 N–H and O–H groups in total. The van der Waals surface area contributed by atoms with Gasteiger partial charge in [0.2, 0.25) is 0 Å². The summed E-state index contributed by atoms with van der Waals surface area (Å²) in [5.41, 5.74) is 5.14. The predicted molar refractivity (Wildman–Crippen MR) is 51.1 cm³/mol. The van der Waals surface area contributed by atoms with Crippen molar-refractivity contribution in [1.29, 1.82) is 0 Å². The maximum atomic E-state index is 7.56. The van der Waals surface area contributed by atoms with Gasteiger partial charge in [-0.2, -0.15) is 0 Å². The zero-order valence-electron chi connectivity index (χ0n) is 7.01. The van der Waals surface area contributed by atoms with E-state index in [0.717, 1.165) is 13.0 Å². The summed E-state index contributed by atoms with van der Waals surface area (Å²) >= 11 is 3.60. The second-order valence-corrected chi connectivity index (χ2v) is 4.41. The van der Waals surface area contributed by atoms with Gasteiger partial charge in [0.1, 0.15) is 0 Å². The van der Waals surface area contributed by atoms with Crippen LogP contribution in [-0.2, 0) is 16.5 Å². The summed E-state index contributed by atoms with van der Waals surface area (Å²) in [6, 6.07) is 0. The molecule has 5 nitrogen and oxygen atoms in total. The van der Waals surface area contributed by atoms with Crippen molar-refractivity contribution in [3.63, 3.8) is 0 Å². The summed E-state index contributed by atoms with van der Waals surface area (Å²) in [7, 11) is 0. The number of nitrogens with two attached hydrogens (primary N) is 1. The highest BCUT2D eigenvalue weighted by molar-refractivity contribution is 8.06. The molecule has 76 valence electrons. The minimum absolute atomic E-state index is 0.639. The molecule has 0 amide bonds. The molecule has 0 aromatic carbocycles. The SMILES string of the molecule is CCCOCCN.OP(O)(O)=S. The zero-order chi connectivity index (χ0) is 10.0. The highest BCUT2D eigenvalue weighted by Gasteiger charge is 1.92. The van der Waals surface area contributed by atoms with E-state index < -0.39 is 6.72 Å². The van der Waals surface area contributed by atoms with Crippen molar-refractivity contribution in [1.82, 2.24) is 0 Å². The van der Waals surface area contributed by atoms with Crippen LogP contribution in [-0.4, -0.2) is 34.4 Å². The lowest BCUT2D eigenvalue weighted by molar-refractivity contribution is 0.142. The largest absolute Gasteiger partial charge is 0.380 e. The molecule has 0 aliphatic heterocycles. The molecule has 0 radical (unpaired) electrons. The first-order chi connectivity index (χ1) is 5.41. The van der Waals surface area contributed by atoms with Gasteiger partial charge in [-0.3, -0.25) is 0 Å². The smallest absolute Gasteiger partial charge is 0.319 e. The van der Waals surface area contributed by atoms with E-state index in [9.17, 15) is 0 Å². The van der Waals surface area contributed by atoms with Crippen molar-refractivity contribution >= 4 is 18.5 Å². The van der Waals surface area contributed by atoms with Gasteiger partial charge in [-0.15, -0.1) is 0 Å². The van der Waals surface area contributed by atoms with Gasteiger partial charge in [0.25, 0.3) is 0 Å². The second-order valence-electron chi connectivity index (χ2n) is 1.91. The third kappa shape index (κ3) is 47.1. The Kier molecular flexibility index (Phi) is 11.9. The Hall–Kier alpha value is 0.450. The first-order valence-corrected chi connectivity index (χ1v) is 6.14. The molecule has 7 heteroatoms. The number of hydrogen-bond acceptors (Lipinski definition) is 3. The molecule has 0 aromatic rings. The van der Waals surface area contributed by atoms with Gasteiger partial charge in [0, 0.05) is 13.2 Å². The lowest BCUT2D eigenvalue weighted by Gasteiger charge is -1.95. The van der Waals surface area contributed by atoms with E-state index in [0.29, 0.717) is 13.2 Å². The molecular weight excluding hydrogens is 201 g/mol. The predicted octanol–water partition coefficient (Wildman–Crippen LogP) is -0.440. The Balaban J connectivity index is 0. The molecule has 0 bridgehead atoms. The molecule has 0 rings (SSSR count). The molecule has 0 aliphatic rings.